The zero-order chi connectivity index (χ0) is 47.1. The fourth-order valence-electron chi connectivity index (χ4n) is 6.71. The summed E-state index contributed by atoms with van der Waals surface area (Å²) in [6, 6.07) is 33.8. The molecular weight excluding hydrogens is 848 g/mol. The van der Waals surface area contributed by atoms with E-state index in [1.165, 1.54) is 48.0 Å². The predicted octanol–water partition coefficient (Wildman–Crippen LogP) is 11.8. The maximum atomic E-state index is 14.0. The molecule has 0 bridgehead atoms. The summed E-state index contributed by atoms with van der Waals surface area (Å²) in [5.41, 5.74) is 2.68. The summed E-state index contributed by atoms with van der Waals surface area (Å²) in [7, 11) is -3.96. The molecule has 64 heavy (non-hydrogen) atoms. The van der Waals surface area contributed by atoms with E-state index in [-0.39, 0.29) is 44.4 Å². The Morgan fingerprint density at radius 2 is 1.23 bits per heavy atom. The lowest BCUT2D eigenvalue weighted by atomic mass is 9.76. The zero-order valence-corrected chi connectivity index (χ0v) is 40.1. The molecule has 5 rings (SSSR count). The highest BCUT2D eigenvalue weighted by atomic mass is 35.5. The SMILES string of the molecule is CCC(C)(C)c1ccc(OC(C)CC(=O)Nc2cccc(NC(=O)C(Cl)(Oc3ccc(S(=O)(=O)c4ccc(OCc5ccccc5)cc4)cc3)C(=O)C(C)(C)C)c2)c(C(C)(C)CC)c1. The lowest BCUT2D eigenvalue weighted by Gasteiger charge is -2.31. The van der Waals surface area contributed by atoms with Crippen LogP contribution in [-0.4, -0.2) is 37.2 Å². The number of rotatable bonds is 19. The van der Waals surface area contributed by atoms with Crippen LogP contribution in [0.15, 0.2) is 131 Å². The van der Waals surface area contributed by atoms with Gasteiger partial charge in [0.15, 0.2) is 0 Å². The molecule has 340 valence electrons. The highest BCUT2D eigenvalue weighted by molar-refractivity contribution is 7.91. The fourth-order valence-corrected chi connectivity index (χ4v) is 8.40. The summed E-state index contributed by atoms with van der Waals surface area (Å²) in [6.07, 6.45) is 1.50. The Labute approximate surface area is 384 Å². The van der Waals surface area contributed by atoms with Gasteiger partial charge in [0.2, 0.25) is 21.5 Å². The molecule has 0 aliphatic rings. The van der Waals surface area contributed by atoms with Crippen LogP contribution >= 0.6 is 11.6 Å². The minimum Gasteiger partial charge on any atom is -0.490 e. The summed E-state index contributed by atoms with van der Waals surface area (Å²) < 4.78 is 45.2. The van der Waals surface area contributed by atoms with Gasteiger partial charge in [-0.2, -0.15) is 0 Å². The van der Waals surface area contributed by atoms with Crippen molar-refractivity contribution in [1.82, 2.24) is 0 Å². The minimum atomic E-state index is -3.96. The normalized spacial score (nSPS) is 13.5. The number of carbonyl (C=O) groups excluding carboxylic acids is 3. The molecule has 0 heterocycles. The Morgan fingerprint density at radius 3 is 1.80 bits per heavy atom. The van der Waals surface area contributed by atoms with Gasteiger partial charge in [0.1, 0.15) is 30.0 Å². The van der Waals surface area contributed by atoms with Crippen molar-refractivity contribution in [1.29, 1.82) is 0 Å². The van der Waals surface area contributed by atoms with Gasteiger partial charge >= 0.3 is 5.06 Å². The van der Waals surface area contributed by atoms with Gasteiger partial charge in [-0.05, 0) is 115 Å². The highest BCUT2D eigenvalue weighted by Gasteiger charge is 2.51. The van der Waals surface area contributed by atoms with Crippen molar-refractivity contribution < 1.29 is 37.0 Å². The molecule has 2 unspecified atom stereocenters. The first-order valence-electron chi connectivity index (χ1n) is 21.6. The molecular formula is C52H61ClN2O8S. The summed E-state index contributed by atoms with van der Waals surface area (Å²) >= 11 is 6.85. The third-order valence-corrected chi connectivity index (χ3v) is 13.7. The Balaban J connectivity index is 1.25. The van der Waals surface area contributed by atoms with Crippen LogP contribution in [0.2, 0.25) is 0 Å². The number of ketones is 1. The van der Waals surface area contributed by atoms with Crippen LogP contribution in [0.25, 0.3) is 0 Å². The molecule has 0 saturated heterocycles. The summed E-state index contributed by atoms with van der Waals surface area (Å²) in [4.78, 5) is 41.1. The van der Waals surface area contributed by atoms with Crippen LogP contribution in [-0.2, 0) is 41.7 Å². The molecule has 5 aromatic rings. The van der Waals surface area contributed by atoms with Gasteiger partial charge in [0, 0.05) is 22.4 Å². The molecule has 2 atom stereocenters. The second kappa shape index (κ2) is 20.0. The Morgan fingerprint density at radius 1 is 0.672 bits per heavy atom. The van der Waals surface area contributed by atoms with E-state index in [4.69, 9.17) is 25.8 Å². The smallest absolute Gasteiger partial charge is 0.320 e. The van der Waals surface area contributed by atoms with Gasteiger partial charge in [0.25, 0.3) is 5.91 Å². The van der Waals surface area contributed by atoms with E-state index >= 15 is 0 Å². The van der Waals surface area contributed by atoms with Crippen molar-refractivity contribution >= 4 is 50.4 Å². The third kappa shape index (κ3) is 12.1. The van der Waals surface area contributed by atoms with E-state index in [9.17, 15) is 22.8 Å². The largest absolute Gasteiger partial charge is 0.490 e. The van der Waals surface area contributed by atoms with Crippen molar-refractivity contribution in [2.45, 2.75) is 127 Å². The number of alkyl halides is 1. The standard InChI is InChI=1S/C52H61ClN2O8S/c1-11-50(7,8)37-21-30-45(44(32-37)51(9,10)12-2)62-35(3)31-46(56)54-38-19-16-20-39(33-38)55-48(58)52(53,47(57)49(4,5)6)63-41-24-28-43(29-25-41)64(59,60)42-26-22-40(23-27-42)61-34-36-17-14-13-15-18-36/h13-30,32-33,35H,11-12,31,34H2,1-10H3,(H,54,56)(H,55,58). The lowest BCUT2D eigenvalue weighted by Crippen LogP contribution is -2.54. The molecule has 0 aliphatic heterocycles. The van der Waals surface area contributed by atoms with Crippen molar-refractivity contribution in [3.05, 3.63) is 138 Å². The molecule has 0 radical (unpaired) electrons. The van der Waals surface area contributed by atoms with Crippen LogP contribution in [0.1, 0.15) is 105 Å². The number of halogens is 1. The molecule has 0 spiro atoms. The average molecular weight is 910 g/mol. The Hall–Kier alpha value is -5.65. The van der Waals surface area contributed by atoms with E-state index in [1.54, 1.807) is 51.1 Å². The van der Waals surface area contributed by atoms with Crippen LogP contribution in [0.3, 0.4) is 0 Å². The van der Waals surface area contributed by atoms with E-state index in [0.29, 0.717) is 18.0 Å². The van der Waals surface area contributed by atoms with E-state index in [1.807, 2.05) is 43.3 Å². The van der Waals surface area contributed by atoms with Gasteiger partial charge in [-0.3, -0.25) is 14.4 Å². The summed E-state index contributed by atoms with van der Waals surface area (Å²) in [6.45, 7) is 20.2. The van der Waals surface area contributed by atoms with Crippen LogP contribution in [0, 0.1) is 5.41 Å². The summed E-state index contributed by atoms with van der Waals surface area (Å²) in [5, 5.41) is 2.99. The zero-order valence-electron chi connectivity index (χ0n) is 38.5. The first kappa shape index (κ1) is 49.4. The maximum absolute atomic E-state index is 14.0. The van der Waals surface area contributed by atoms with E-state index in [0.717, 1.165) is 29.7 Å². The Kier molecular flexibility index (Phi) is 15.5. The molecule has 2 amide bonds. The van der Waals surface area contributed by atoms with Gasteiger partial charge in [0.05, 0.1) is 16.2 Å². The molecule has 2 N–H and O–H groups in total. The number of carbonyl (C=O) groups is 3. The molecule has 10 nitrogen and oxygen atoms in total. The number of hydrogen-bond donors (Lipinski definition) is 2. The number of hydrogen-bond acceptors (Lipinski definition) is 8. The van der Waals surface area contributed by atoms with Crippen molar-refractivity contribution in [3.63, 3.8) is 0 Å². The number of anilines is 2. The second-order valence-corrected chi connectivity index (χ2v) is 20.9. The van der Waals surface area contributed by atoms with Gasteiger partial charge in [-0.1, -0.05) is 122 Å². The Bertz CT molecular complexity index is 2530. The predicted molar refractivity (Wildman–Crippen MR) is 254 cm³/mol. The van der Waals surface area contributed by atoms with Crippen molar-refractivity contribution in [2.75, 3.05) is 10.6 Å². The fraction of sp³-hybridized carbons (Fsp3) is 0.365. The highest BCUT2D eigenvalue weighted by Crippen LogP contribution is 2.39. The molecule has 0 fully saturated rings. The minimum absolute atomic E-state index is 0.00602. The van der Waals surface area contributed by atoms with Crippen molar-refractivity contribution in [2.24, 2.45) is 5.41 Å². The molecule has 0 aromatic heterocycles. The van der Waals surface area contributed by atoms with E-state index < -0.39 is 38.1 Å². The van der Waals surface area contributed by atoms with Gasteiger partial charge in [-0.15, -0.1) is 0 Å². The number of Topliss-reactive ketones (excluding diaryl/α,β-unsaturated/α-hetero) is 1. The number of sulfone groups is 1. The quantitative estimate of drug-likeness (QED) is 0.0617. The number of benzene rings is 5. The monoisotopic (exact) mass is 908 g/mol. The maximum Gasteiger partial charge on any atom is 0.320 e. The average Bonchev–Trinajstić information content (AvgIpc) is 3.25. The van der Waals surface area contributed by atoms with E-state index in [2.05, 4.69) is 64.3 Å². The summed E-state index contributed by atoms with van der Waals surface area (Å²) in [5.74, 6) is -0.781. The molecule has 12 heteroatoms. The van der Waals surface area contributed by atoms with Crippen molar-refractivity contribution in [3.8, 4) is 17.2 Å². The van der Waals surface area contributed by atoms with Gasteiger partial charge in [-0.25, -0.2) is 8.42 Å². The third-order valence-electron chi connectivity index (χ3n) is 11.5. The van der Waals surface area contributed by atoms with Gasteiger partial charge < -0.3 is 24.8 Å². The number of ether oxygens (including phenoxy) is 3. The first-order chi connectivity index (χ1) is 30.0. The topological polar surface area (TPSA) is 137 Å². The molecule has 0 aliphatic carbocycles. The first-order valence-corrected chi connectivity index (χ1v) is 23.4. The van der Waals surface area contributed by atoms with Crippen LogP contribution in [0.5, 0.6) is 17.2 Å². The van der Waals surface area contributed by atoms with Crippen LogP contribution in [0.4, 0.5) is 11.4 Å². The lowest BCUT2D eigenvalue weighted by molar-refractivity contribution is -0.144. The van der Waals surface area contributed by atoms with Crippen LogP contribution < -0.4 is 24.8 Å². The second-order valence-electron chi connectivity index (χ2n) is 18.4. The number of nitrogens with one attached hydrogen (secondary N) is 2. The molecule has 5 aromatic carbocycles. The number of amides is 2. The molecule has 0 saturated carbocycles.